The van der Waals surface area contributed by atoms with Crippen molar-refractivity contribution in [3.63, 3.8) is 0 Å². The molecule has 224 valence electrons. The van der Waals surface area contributed by atoms with E-state index in [0.29, 0.717) is 31.1 Å². The monoisotopic (exact) mass is 594 g/mol. The molecule has 4 heterocycles. The summed E-state index contributed by atoms with van der Waals surface area (Å²) in [6.07, 6.45) is 0.911. The molecule has 3 aromatic rings. The van der Waals surface area contributed by atoms with Crippen molar-refractivity contribution in [1.29, 1.82) is 0 Å². The fourth-order valence-corrected chi connectivity index (χ4v) is 8.03. The quantitative estimate of drug-likeness (QED) is 0.418. The third-order valence-electron chi connectivity index (χ3n) is 10.1. The number of alkyl carbamates (subject to hydrolysis) is 1. The molecular weight excluding hydrogens is 564 g/mol. The van der Waals surface area contributed by atoms with E-state index < -0.39 is 40.5 Å². The maximum absolute atomic E-state index is 13.8. The van der Waals surface area contributed by atoms with E-state index in [-0.39, 0.29) is 43.0 Å². The number of amides is 3. The van der Waals surface area contributed by atoms with Gasteiger partial charge in [-0.1, -0.05) is 65.7 Å². The number of hydrogen-bond acceptors (Lipinski definition) is 8. The van der Waals surface area contributed by atoms with Crippen LogP contribution in [-0.2, 0) is 23.8 Å². The Balaban J connectivity index is 0.946. The van der Waals surface area contributed by atoms with Crippen LogP contribution in [0.15, 0.2) is 72.8 Å². The predicted molar refractivity (Wildman–Crippen MR) is 154 cm³/mol. The fourth-order valence-electron chi connectivity index (χ4n) is 8.03. The van der Waals surface area contributed by atoms with Crippen LogP contribution in [0.4, 0.5) is 4.79 Å². The highest BCUT2D eigenvalue weighted by atomic mass is 16.7. The average molecular weight is 595 g/mol. The number of nitrogens with zero attached hydrogens (tertiary/aromatic N) is 1. The summed E-state index contributed by atoms with van der Waals surface area (Å²) in [5.41, 5.74) is 2.18. The largest absolute Gasteiger partial charge is 0.449 e. The molecule has 10 nitrogen and oxygen atoms in total. The number of hydrogen-bond donors (Lipinski definition) is 1. The molecule has 9 rings (SSSR count). The van der Waals surface area contributed by atoms with Crippen LogP contribution >= 0.6 is 0 Å². The number of carbonyl (C=O) groups excluding carboxylic acids is 4. The van der Waals surface area contributed by atoms with Gasteiger partial charge in [-0.25, -0.2) is 9.59 Å². The zero-order chi connectivity index (χ0) is 30.1. The Bertz CT molecular complexity index is 1640. The lowest BCUT2D eigenvalue weighted by Gasteiger charge is -2.46. The van der Waals surface area contributed by atoms with Gasteiger partial charge in [-0.05, 0) is 47.2 Å². The molecule has 44 heavy (non-hydrogen) atoms. The smallest absolute Gasteiger partial charge is 0.407 e. The van der Waals surface area contributed by atoms with Crippen molar-refractivity contribution in [3.8, 4) is 11.1 Å². The van der Waals surface area contributed by atoms with Gasteiger partial charge in [-0.15, -0.1) is 0 Å². The second-order valence-electron chi connectivity index (χ2n) is 12.3. The molecule has 3 aromatic carbocycles. The lowest BCUT2D eigenvalue weighted by Crippen LogP contribution is -2.59. The zero-order valence-corrected chi connectivity index (χ0v) is 23.9. The highest BCUT2D eigenvalue weighted by molar-refractivity contribution is 6.21. The number of hydroxylamine groups is 2. The van der Waals surface area contributed by atoms with E-state index in [2.05, 4.69) is 29.6 Å². The first-order chi connectivity index (χ1) is 21.4. The standard InChI is InChI=1S/C34H30N2O8/c37-28-25-11-5-6-12-26(25)29(38)36(28)43-30(39)33-18-32(19-33,44-34(33)13-15-41-16-14-34)20-35-31(40)42-17-27-23-9-3-1-7-21(23)22-8-2-4-10-24(22)27/h1-12,27H,13-20H2,(H,35,40). The van der Waals surface area contributed by atoms with Crippen molar-refractivity contribution in [3.05, 3.63) is 95.1 Å². The minimum atomic E-state index is -1.07. The first-order valence-electron chi connectivity index (χ1n) is 14.9. The first kappa shape index (κ1) is 27.0. The molecule has 3 amide bonds. The van der Waals surface area contributed by atoms with Crippen molar-refractivity contribution in [2.45, 2.75) is 42.8 Å². The van der Waals surface area contributed by atoms with Crippen LogP contribution in [-0.4, -0.2) is 66.5 Å². The molecule has 2 aliphatic carbocycles. The second-order valence-corrected chi connectivity index (χ2v) is 12.3. The highest BCUT2D eigenvalue weighted by Crippen LogP contribution is 2.69. The molecule has 4 fully saturated rings. The number of carbonyl (C=O) groups is 4. The van der Waals surface area contributed by atoms with E-state index in [1.54, 1.807) is 12.1 Å². The van der Waals surface area contributed by atoms with E-state index in [1.807, 2.05) is 24.3 Å². The van der Waals surface area contributed by atoms with Gasteiger partial charge in [0.15, 0.2) is 0 Å². The Kier molecular flexibility index (Phi) is 5.98. The fraction of sp³-hybridized carbons (Fsp3) is 0.353. The van der Waals surface area contributed by atoms with Gasteiger partial charge < -0.3 is 24.4 Å². The SMILES string of the molecule is O=C(NCC12CC(C(=O)ON3C(=O)c4ccccc4C3=O)(C1)C1(CCOCC1)O2)OCC1c2ccccc2-c2ccccc21. The number of rotatable bonds is 6. The van der Waals surface area contributed by atoms with Crippen molar-refractivity contribution in [1.82, 2.24) is 10.4 Å². The maximum Gasteiger partial charge on any atom is 0.407 e. The minimum Gasteiger partial charge on any atom is -0.449 e. The summed E-state index contributed by atoms with van der Waals surface area (Å²) in [5.74, 6) is -2.08. The summed E-state index contributed by atoms with van der Waals surface area (Å²) in [4.78, 5) is 58.1. The van der Waals surface area contributed by atoms with Gasteiger partial charge in [-0.2, -0.15) is 0 Å². The molecule has 0 atom stereocenters. The number of ether oxygens (including phenoxy) is 3. The van der Waals surface area contributed by atoms with Crippen molar-refractivity contribution >= 4 is 23.9 Å². The van der Waals surface area contributed by atoms with Crippen LogP contribution in [0.3, 0.4) is 0 Å². The number of fused-ring (bicyclic) bond motifs is 4. The molecule has 1 saturated carbocycles. The van der Waals surface area contributed by atoms with Crippen LogP contribution in [0, 0.1) is 5.41 Å². The van der Waals surface area contributed by atoms with E-state index in [9.17, 15) is 19.2 Å². The van der Waals surface area contributed by atoms with E-state index in [4.69, 9.17) is 19.0 Å². The molecular formula is C34H30N2O8. The van der Waals surface area contributed by atoms with Gasteiger partial charge >= 0.3 is 12.1 Å². The summed E-state index contributed by atoms with van der Waals surface area (Å²) >= 11 is 0. The topological polar surface area (TPSA) is 120 Å². The van der Waals surface area contributed by atoms with Gasteiger partial charge in [0.25, 0.3) is 11.8 Å². The van der Waals surface area contributed by atoms with Crippen LogP contribution in [0.25, 0.3) is 11.1 Å². The van der Waals surface area contributed by atoms with Crippen molar-refractivity contribution in [2.75, 3.05) is 26.4 Å². The molecule has 4 aliphatic heterocycles. The molecule has 0 aromatic heterocycles. The Morgan fingerprint density at radius 2 is 1.36 bits per heavy atom. The second kappa shape index (κ2) is 9.73. The normalized spacial score (nSPS) is 25.7. The minimum absolute atomic E-state index is 0.0622. The summed E-state index contributed by atoms with van der Waals surface area (Å²) in [6, 6.07) is 22.7. The highest BCUT2D eigenvalue weighted by Gasteiger charge is 2.79. The third-order valence-corrected chi connectivity index (χ3v) is 10.1. The van der Waals surface area contributed by atoms with Gasteiger partial charge in [0.05, 0.1) is 28.9 Å². The Morgan fingerprint density at radius 3 is 1.95 bits per heavy atom. The van der Waals surface area contributed by atoms with Gasteiger partial charge in [0.2, 0.25) is 0 Å². The maximum atomic E-state index is 13.8. The molecule has 0 unspecified atom stereocenters. The van der Waals surface area contributed by atoms with Crippen LogP contribution < -0.4 is 5.32 Å². The summed E-state index contributed by atoms with van der Waals surface area (Å²) in [7, 11) is 0. The van der Waals surface area contributed by atoms with Crippen LogP contribution in [0.1, 0.15) is 63.4 Å². The number of imide groups is 1. The van der Waals surface area contributed by atoms with E-state index in [1.165, 1.54) is 12.1 Å². The lowest BCUT2D eigenvalue weighted by atomic mass is 9.54. The average Bonchev–Trinajstić information content (AvgIpc) is 3.67. The van der Waals surface area contributed by atoms with Crippen LogP contribution in [0.5, 0.6) is 0 Å². The van der Waals surface area contributed by atoms with Crippen LogP contribution in [0.2, 0.25) is 0 Å². The molecule has 2 bridgehead atoms. The molecule has 6 aliphatic rings. The Labute approximate surface area is 253 Å². The lowest BCUT2D eigenvalue weighted by molar-refractivity contribution is -0.194. The molecule has 0 radical (unpaired) electrons. The van der Waals surface area contributed by atoms with E-state index in [0.717, 1.165) is 22.3 Å². The Hall–Kier alpha value is -4.54. The van der Waals surface area contributed by atoms with Crippen molar-refractivity contribution in [2.24, 2.45) is 5.41 Å². The number of benzene rings is 3. The Morgan fingerprint density at radius 1 is 0.818 bits per heavy atom. The third kappa shape index (κ3) is 3.80. The van der Waals surface area contributed by atoms with Gasteiger partial charge in [0, 0.05) is 32.0 Å². The summed E-state index contributed by atoms with van der Waals surface area (Å²) in [6.45, 7) is 1.13. The predicted octanol–water partition coefficient (Wildman–Crippen LogP) is 4.38. The first-order valence-corrected chi connectivity index (χ1v) is 14.9. The van der Waals surface area contributed by atoms with Gasteiger partial charge in [-0.3, -0.25) is 9.59 Å². The van der Waals surface area contributed by atoms with Gasteiger partial charge in [0.1, 0.15) is 12.0 Å². The summed E-state index contributed by atoms with van der Waals surface area (Å²) < 4.78 is 17.9. The summed E-state index contributed by atoms with van der Waals surface area (Å²) in [5, 5.41) is 3.42. The van der Waals surface area contributed by atoms with Crippen molar-refractivity contribution < 1.29 is 38.2 Å². The molecule has 1 spiro atoms. The molecule has 3 saturated heterocycles. The number of nitrogens with one attached hydrogen (secondary N) is 1. The zero-order valence-electron chi connectivity index (χ0n) is 23.9. The van der Waals surface area contributed by atoms with E-state index >= 15 is 0 Å². The molecule has 1 N–H and O–H groups in total. The molecule has 10 heteroatoms.